The summed E-state index contributed by atoms with van der Waals surface area (Å²) in [7, 11) is 0. The lowest BCUT2D eigenvalue weighted by molar-refractivity contribution is -0.137. The minimum Gasteiger partial charge on any atom is -0.431 e. The number of nitrogens with one attached hydrogen (secondary N) is 1. The maximum Gasteiger partial charge on any atom is 0.312 e. The number of thiazole rings is 1. The van der Waals surface area contributed by atoms with Gasteiger partial charge in [0.1, 0.15) is 5.75 Å². The third-order valence-electron chi connectivity index (χ3n) is 4.68. The Morgan fingerprint density at radius 1 is 1.15 bits per heavy atom. The van der Waals surface area contributed by atoms with Gasteiger partial charge in [-0.25, -0.2) is 4.98 Å². The second kappa shape index (κ2) is 8.47. The van der Waals surface area contributed by atoms with Gasteiger partial charge >= 0.3 is 6.47 Å². The molecule has 2 heterocycles. The van der Waals surface area contributed by atoms with Gasteiger partial charge in [0.25, 0.3) is 5.19 Å². The number of carbonyl (C=O) groups excluding carboxylic acids is 1. The molecule has 1 aliphatic heterocycles. The Balaban J connectivity index is 1.30. The second-order valence-corrected chi connectivity index (χ2v) is 7.57. The monoisotopic (exact) mass is 383 g/mol. The van der Waals surface area contributed by atoms with E-state index in [0.717, 1.165) is 48.4 Å². The molecule has 0 unspecified atom stereocenters. The van der Waals surface area contributed by atoms with Crippen LogP contribution in [0.25, 0.3) is 10.2 Å². The van der Waals surface area contributed by atoms with Crippen molar-refractivity contribution in [2.24, 2.45) is 0 Å². The molecule has 0 bridgehead atoms. The highest BCUT2D eigenvalue weighted by molar-refractivity contribution is 7.20. The lowest BCUT2D eigenvalue weighted by Gasteiger charge is -2.31. The average Bonchev–Trinajstić information content (AvgIpc) is 3.11. The highest BCUT2D eigenvalue weighted by atomic mass is 32.1. The van der Waals surface area contributed by atoms with Gasteiger partial charge in [0.15, 0.2) is 0 Å². The van der Waals surface area contributed by atoms with E-state index in [1.807, 2.05) is 36.4 Å². The molecule has 0 atom stereocenters. The molecule has 3 aromatic rings. The molecule has 1 saturated heterocycles. The molecule has 1 fully saturated rings. The Kier molecular flexibility index (Phi) is 5.62. The normalized spacial score (nSPS) is 15.7. The van der Waals surface area contributed by atoms with E-state index >= 15 is 0 Å². The lowest BCUT2D eigenvalue weighted by atomic mass is 10.1. The van der Waals surface area contributed by atoms with Gasteiger partial charge in [-0.2, -0.15) is 5.48 Å². The van der Waals surface area contributed by atoms with Gasteiger partial charge in [-0.05, 0) is 42.7 Å². The van der Waals surface area contributed by atoms with Crippen molar-refractivity contribution in [3.63, 3.8) is 0 Å². The minimum atomic E-state index is 0.246. The first-order valence-electron chi connectivity index (χ1n) is 9.00. The van der Waals surface area contributed by atoms with Crippen LogP contribution in [0.15, 0.2) is 48.5 Å². The number of likely N-dealkylation sites (tertiary alicyclic amines) is 1. The Hall–Kier alpha value is -2.48. The van der Waals surface area contributed by atoms with Crippen molar-refractivity contribution in [3.05, 3.63) is 54.1 Å². The van der Waals surface area contributed by atoms with Crippen molar-refractivity contribution >= 4 is 28.0 Å². The zero-order chi connectivity index (χ0) is 18.5. The van der Waals surface area contributed by atoms with Crippen LogP contribution in [0.5, 0.6) is 10.9 Å². The van der Waals surface area contributed by atoms with Crippen LogP contribution >= 0.6 is 11.3 Å². The number of hydroxylamine groups is 1. The predicted octanol–water partition coefficient (Wildman–Crippen LogP) is 3.73. The standard InChI is InChI=1S/C20H21N3O3S/c24-14-25-22-16-9-11-23(12-10-16)13-15-5-7-17(8-6-15)26-20-21-18-3-1-2-4-19(18)27-20/h1-8,14,16,22H,9-13H2. The zero-order valence-electron chi connectivity index (χ0n) is 14.8. The van der Waals surface area contributed by atoms with Crippen LogP contribution < -0.4 is 10.2 Å². The number of carbonyl (C=O) groups is 1. The predicted molar refractivity (Wildman–Crippen MR) is 105 cm³/mol. The van der Waals surface area contributed by atoms with Crippen LogP contribution in [0.4, 0.5) is 0 Å². The minimum absolute atomic E-state index is 0.246. The summed E-state index contributed by atoms with van der Waals surface area (Å²) in [6.07, 6.45) is 1.93. The van der Waals surface area contributed by atoms with Gasteiger partial charge < -0.3 is 9.57 Å². The molecule has 0 aliphatic carbocycles. The lowest BCUT2D eigenvalue weighted by Crippen LogP contribution is -2.41. The summed E-state index contributed by atoms with van der Waals surface area (Å²) in [6, 6.07) is 16.5. The van der Waals surface area contributed by atoms with Crippen molar-refractivity contribution in [1.29, 1.82) is 0 Å². The Bertz CT molecular complexity index is 856. The average molecular weight is 383 g/mol. The van der Waals surface area contributed by atoms with Crippen molar-refractivity contribution in [2.45, 2.75) is 25.4 Å². The van der Waals surface area contributed by atoms with Crippen molar-refractivity contribution in [2.75, 3.05) is 13.1 Å². The van der Waals surface area contributed by atoms with E-state index in [4.69, 9.17) is 4.74 Å². The van der Waals surface area contributed by atoms with Gasteiger partial charge in [0.05, 0.1) is 10.2 Å². The quantitative estimate of drug-likeness (QED) is 0.495. The number of aromatic nitrogens is 1. The molecule has 2 aromatic carbocycles. The largest absolute Gasteiger partial charge is 0.431 e. The number of piperidine rings is 1. The van der Waals surface area contributed by atoms with Crippen molar-refractivity contribution in [1.82, 2.24) is 15.4 Å². The number of hydrogen-bond acceptors (Lipinski definition) is 7. The summed E-state index contributed by atoms with van der Waals surface area (Å²) >= 11 is 1.55. The molecule has 0 spiro atoms. The van der Waals surface area contributed by atoms with E-state index in [-0.39, 0.29) is 6.04 Å². The number of rotatable bonds is 7. The first-order valence-corrected chi connectivity index (χ1v) is 9.81. The van der Waals surface area contributed by atoms with Gasteiger partial charge in [-0.1, -0.05) is 35.6 Å². The van der Waals surface area contributed by atoms with Crippen LogP contribution in [0.2, 0.25) is 0 Å². The first kappa shape index (κ1) is 17.9. The Labute approximate surface area is 161 Å². The fraction of sp³-hybridized carbons (Fsp3) is 0.300. The second-order valence-electron chi connectivity index (χ2n) is 6.58. The van der Waals surface area contributed by atoms with Crippen LogP contribution in [0, 0.1) is 0 Å². The number of ether oxygens (including phenoxy) is 1. The van der Waals surface area contributed by atoms with Crippen LogP contribution in [-0.4, -0.2) is 35.5 Å². The van der Waals surface area contributed by atoms with E-state index in [2.05, 4.69) is 32.3 Å². The maximum atomic E-state index is 10.2. The molecule has 6 nitrogen and oxygen atoms in total. The van der Waals surface area contributed by atoms with E-state index in [1.165, 1.54) is 5.56 Å². The van der Waals surface area contributed by atoms with Crippen molar-refractivity contribution in [3.8, 4) is 10.9 Å². The molecule has 1 N–H and O–H groups in total. The van der Waals surface area contributed by atoms with E-state index < -0.39 is 0 Å². The fourth-order valence-electron chi connectivity index (χ4n) is 3.25. The summed E-state index contributed by atoms with van der Waals surface area (Å²) in [5.41, 5.74) is 5.00. The highest BCUT2D eigenvalue weighted by Gasteiger charge is 2.19. The Morgan fingerprint density at radius 2 is 1.93 bits per heavy atom. The zero-order valence-corrected chi connectivity index (χ0v) is 15.7. The van der Waals surface area contributed by atoms with Gasteiger partial charge in [-0.15, -0.1) is 0 Å². The van der Waals surface area contributed by atoms with E-state index in [0.29, 0.717) is 11.7 Å². The van der Waals surface area contributed by atoms with Crippen LogP contribution in [0.1, 0.15) is 18.4 Å². The summed E-state index contributed by atoms with van der Waals surface area (Å²) in [5, 5.41) is 0.663. The Morgan fingerprint density at radius 3 is 2.67 bits per heavy atom. The number of fused-ring (bicyclic) bond motifs is 1. The first-order chi connectivity index (χ1) is 13.3. The van der Waals surface area contributed by atoms with E-state index in [9.17, 15) is 4.79 Å². The number of hydrogen-bond donors (Lipinski definition) is 1. The topological polar surface area (TPSA) is 63.7 Å². The third-order valence-corrected chi connectivity index (χ3v) is 5.59. The molecular weight excluding hydrogens is 362 g/mol. The summed E-state index contributed by atoms with van der Waals surface area (Å²) in [6.45, 7) is 3.29. The highest BCUT2D eigenvalue weighted by Crippen LogP contribution is 2.31. The number of nitrogens with zero attached hydrogens (tertiary/aromatic N) is 2. The number of para-hydroxylation sites is 1. The molecule has 0 amide bonds. The molecule has 1 aromatic heterocycles. The fourth-order valence-corrected chi connectivity index (χ4v) is 4.08. The molecule has 0 radical (unpaired) electrons. The SMILES string of the molecule is O=CONC1CCN(Cc2ccc(Oc3nc4ccccc4s3)cc2)CC1. The van der Waals surface area contributed by atoms with E-state index in [1.54, 1.807) is 11.3 Å². The van der Waals surface area contributed by atoms with Crippen LogP contribution in [0.3, 0.4) is 0 Å². The molecule has 1 aliphatic rings. The smallest absolute Gasteiger partial charge is 0.312 e. The van der Waals surface area contributed by atoms with Gasteiger partial charge in [-0.3, -0.25) is 9.69 Å². The molecule has 27 heavy (non-hydrogen) atoms. The maximum absolute atomic E-state index is 10.2. The van der Waals surface area contributed by atoms with Gasteiger partial charge in [0, 0.05) is 25.7 Å². The third kappa shape index (κ3) is 4.63. The molecule has 140 valence electrons. The van der Waals surface area contributed by atoms with Crippen LogP contribution in [-0.2, 0) is 16.2 Å². The molecular formula is C20H21N3O3S. The summed E-state index contributed by atoms with van der Waals surface area (Å²) in [5.74, 6) is 0.798. The molecule has 7 heteroatoms. The molecule has 0 saturated carbocycles. The summed E-state index contributed by atoms with van der Waals surface area (Å²) in [4.78, 5) is 21.8. The number of benzene rings is 2. The molecule has 4 rings (SSSR count). The van der Waals surface area contributed by atoms with Gasteiger partial charge in [0.2, 0.25) is 0 Å². The van der Waals surface area contributed by atoms with Crippen molar-refractivity contribution < 1.29 is 14.4 Å². The summed E-state index contributed by atoms with van der Waals surface area (Å²) < 4.78 is 7.03.